The number of aromatic hydroxyl groups is 1. The van der Waals surface area contributed by atoms with Gasteiger partial charge in [-0.1, -0.05) is 50.5 Å². The minimum atomic E-state index is -4.93. The summed E-state index contributed by atoms with van der Waals surface area (Å²) in [6, 6.07) is 11.6. The van der Waals surface area contributed by atoms with Gasteiger partial charge in [0.05, 0.1) is 13.1 Å². The maximum atomic E-state index is 14.5. The average Bonchev–Trinajstić information content (AvgIpc) is 2.95. The van der Waals surface area contributed by atoms with Gasteiger partial charge in [0.2, 0.25) is 15.9 Å². The third kappa shape index (κ3) is 7.37. The number of carbonyl (C=O) groups excluding carboxylic acids is 1. The Morgan fingerprint density at radius 3 is 2.12 bits per heavy atom. The minimum Gasteiger partial charge on any atom is -0.507 e. The van der Waals surface area contributed by atoms with Crippen molar-refractivity contribution in [3.8, 4) is 5.75 Å². The molecule has 8 nitrogen and oxygen atoms in total. The van der Waals surface area contributed by atoms with Crippen LogP contribution in [0.3, 0.4) is 0 Å². The SMILES string of the molecule is CCCN(CC(=O)N(Cc1ccc(C2CCCCC2)cc1)c1ccc(C(=O)O)c(O)c1)S(=O)(=O)c1c(F)cc(F)cc1F. The lowest BCUT2D eigenvalue weighted by atomic mass is 9.84. The molecule has 1 amide bonds. The van der Waals surface area contributed by atoms with Gasteiger partial charge >= 0.3 is 5.97 Å². The number of carbonyl (C=O) groups is 2. The molecule has 1 aliphatic rings. The number of halogens is 3. The Hall–Kier alpha value is -3.90. The third-order valence-electron chi connectivity index (χ3n) is 7.57. The number of carboxylic acid groups (broad SMARTS) is 1. The fourth-order valence-electron chi connectivity index (χ4n) is 5.38. The lowest BCUT2D eigenvalue weighted by molar-refractivity contribution is -0.119. The fourth-order valence-corrected chi connectivity index (χ4v) is 6.95. The second-order valence-corrected chi connectivity index (χ2v) is 12.5. The monoisotopic (exact) mass is 618 g/mol. The van der Waals surface area contributed by atoms with Crippen molar-refractivity contribution < 1.29 is 41.4 Å². The molecule has 2 N–H and O–H groups in total. The van der Waals surface area contributed by atoms with Gasteiger partial charge in [0.15, 0.2) is 4.90 Å². The van der Waals surface area contributed by atoms with Crippen LogP contribution >= 0.6 is 0 Å². The Morgan fingerprint density at radius 1 is 0.930 bits per heavy atom. The highest BCUT2D eigenvalue weighted by Gasteiger charge is 2.34. The van der Waals surface area contributed by atoms with Crippen LogP contribution in [0.5, 0.6) is 5.75 Å². The Morgan fingerprint density at radius 2 is 1.56 bits per heavy atom. The molecule has 1 fully saturated rings. The van der Waals surface area contributed by atoms with E-state index in [1.165, 1.54) is 18.1 Å². The summed E-state index contributed by atoms with van der Waals surface area (Å²) in [5.74, 6) is -6.91. The van der Waals surface area contributed by atoms with Gasteiger partial charge < -0.3 is 15.1 Å². The lowest BCUT2D eigenvalue weighted by Crippen LogP contribution is -2.43. The van der Waals surface area contributed by atoms with Gasteiger partial charge in [-0.15, -0.1) is 0 Å². The highest BCUT2D eigenvalue weighted by molar-refractivity contribution is 7.89. The second-order valence-electron chi connectivity index (χ2n) is 10.6. The predicted octanol–water partition coefficient (Wildman–Crippen LogP) is 6.19. The van der Waals surface area contributed by atoms with E-state index in [2.05, 4.69) is 0 Å². The van der Waals surface area contributed by atoms with Crippen LogP contribution < -0.4 is 4.90 Å². The first-order chi connectivity index (χ1) is 20.4. The molecule has 0 heterocycles. The zero-order valence-corrected chi connectivity index (χ0v) is 24.4. The average molecular weight is 619 g/mol. The van der Waals surface area contributed by atoms with E-state index in [-0.39, 0.29) is 37.3 Å². The molecule has 0 aliphatic heterocycles. The Labute approximate surface area is 248 Å². The molecule has 1 saturated carbocycles. The molecule has 0 saturated heterocycles. The normalized spacial score (nSPS) is 14.2. The topological polar surface area (TPSA) is 115 Å². The molecule has 0 atom stereocenters. The van der Waals surface area contributed by atoms with E-state index < -0.39 is 62.1 Å². The van der Waals surface area contributed by atoms with Gasteiger partial charge in [0.25, 0.3) is 0 Å². The summed E-state index contributed by atoms with van der Waals surface area (Å²) in [5, 5.41) is 19.6. The number of hydrogen-bond acceptors (Lipinski definition) is 5. The highest BCUT2D eigenvalue weighted by Crippen LogP contribution is 2.33. The van der Waals surface area contributed by atoms with Crippen LogP contribution in [-0.4, -0.2) is 47.9 Å². The first-order valence-corrected chi connectivity index (χ1v) is 15.5. The van der Waals surface area contributed by atoms with Crippen LogP contribution in [0.15, 0.2) is 59.5 Å². The summed E-state index contributed by atoms with van der Waals surface area (Å²) in [7, 11) is -4.93. The molecule has 43 heavy (non-hydrogen) atoms. The van der Waals surface area contributed by atoms with E-state index in [9.17, 15) is 41.4 Å². The largest absolute Gasteiger partial charge is 0.507 e. The quantitative estimate of drug-likeness (QED) is 0.265. The van der Waals surface area contributed by atoms with Crippen molar-refractivity contribution in [2.45, 2.75) is 62.8 Å². The van der Waals surface area contributed by atoms with E-state index in [1.807, 2.05) is 24.3 Å². The Bertz CT molecular complexity index is 1570. The molecule has 0 spiro atoms. The molecule has 12 heteroatoms. The summed E-state index contributed by atoms with van der Waals surface area (Å²) >= 11 is 0. The van der Waals surface area contributed by atoms with Crippen LogP contribution in [0.1, 0.15) is 72.9 Å². The first-order valence-electron chi connectivity index (χ1n) is 14.0. The molecule has 0 unspecified atom stereocenters. The van der Waals surface area contributed by atoms with Crippen LogP contribution in [0.4, 0.5) is 18.9 Å². The molecule has 4 rings (SSSR count). The minimum absolute atomic E-state index is 0.0745. The maximum absolute atomic E-state index is 14.5. The van der Waals surface area contributed by atoms with E-state index in [0.717, 1.165) is 42.7 Å². The fraction of sp³-hybridized carbons (Fsp3) is 0.355. The van der Waals surface area contributed by atoms with Gasteiger partial charge in [0.1, 0.15) is 28.8 Å². The number of rotatable bonds is 11. The number of anilines is 1. The number of hydrogen-bond donors (Lipinski definition) is 2. The number of benzene rings is 3. The van der Waals surface area contributed by atoms with Gasteiger partial charge in [-0.25, -0.2) is 26.4 Å². The van der Waals surface area contributed by atoms with Gasteiger partial charge in [0, 0.05) is 30.4 Å². The van der Waals surface area contributed by atoms with Crippen molar-refractivity contribution in [3.63, 3.8) is 0 Å². The molecule has 3 aromatic rings. The number of nitrogens with zero attached hydrogens (tertiary/aromatic N) is 2. The van der Waals surface area contributed by atoms with Crippen molar-refractivity contribution >= 4 is 27.6 Å². The van der Waals surface area contributed by atoms with E-state index >= 15 is 0 Å². The van der Waals surface area contributed by atoms with Crippen molar-refractivity contribution in [1.82, 2.24) is 4.31 Å². The standard InChI is InChI=1S/C31H33F3N2O6S/c1-2-14-35(43(41,42)30-26(33)15-23(32)16-27(30)34)19-29(38)36(24-12-13-25(31(39)40)28(37)17-24)18-20-8-10-22(11-9-20)21-6-4-3-5-7-21/h8-13,15-17,21,37H,2-7,14,18-19H2,1H3,(H,39,40). The second kappa shape index (κ2) is 13.6. The molecule has 3 aromatic carbocycles. The summed E-state index contributed by atoms with van der Waals surface area (Å²) in [5.41, 5.74) is 1.53. The van der Waals surface area contributed by atoms with Crippen molar-refractivity contribution in [2.75, 3.05) is 18.0 Å². The molecular formula is C31H33F3N2O6S. The molecule has 0 aromatic heterocycles. The summed E-state index contributed by atoms with van der Waals surface area (Å²) in [6.45, 7) is 0.416. The smallest absolute Gasteiger partial charge is 0.339 e. The highest BCUT2D eigenvalue weighted by atomic mass is 32.2. The van der Waals surface area contributed by atoms with Crippen molar-refractivity contribution in [1.29, 1.82) is 0 Å². The first kappa shape index (κ1) is 32.0. The van der Waals surface area contributed by atoms with E-state index in [0.29, 0.717) is 15.8 Å². The number of amides is 1. The zero-order chi connectivity index (χ0) is 31.3. The van der Waals surface area contributed by atoms with Gasteiger partial charge in [-0.2, -0.15) is 4.31 Å². The molecule has 0 radical (unpaired) electrons. The summed E-state index contributed by atoms with van der Waals surface area (Å²) in [6.07, 6.45) is 5.91. The number of carboxylic acids is 1. The van der Waals surface area contributed by atoms with Gasteiger partial charge in [-0.05, 0) is 48.4 Å². The summed E-state index contributed by atoms with van der Waals surface area (Å²) < 4.78 is 69.8. The van der Waals surface area contributed by atoms with Crippen molar-refractivity contribution in [2.24, 2.45) is 0 Å². The lowest BCUT2D eigenvalue weighted by Gasteiger charge is -2.28. The Balaban J connectivity index is 1.68. The van der Waals surface area contributed by atoms with Crippen LogP contribution in [0.25, 0.3) is 0 Å². The van der Waals surface area contributed by atoms with Crippen LogP contribution in [-0.2, 0) is 21.4 Å². The number of aromatic carboxylic acids is 1. The third-order valence-corrected chi connectivity index (χ3v) is 9.46. The zero-order valence-electron chi connectivity index (χ0n) is 23.6. The van der Waals surface area contributed by atoms with Crippen LogP contribution in [0.2, 0.25) is 0 Å². The van der Waals surface area contributed by atoms with Crippen LogP contribution in [0, 0.1) is 17.5 Å². The number of phenols is 1. The molecule has 0 bridgehead atoms. The van der Waals surface area contributed by atoms with E-state index in [4.69, 9.17) is 0 Å². The molecular weight excluding hydrogens is 585 g/mol. The molecule has 230 valence electrons. The Kier molecular flexibility index (Phi) is 10.1. The van der Waals surface area contributed by atoms with Crippen molar-refractivity contribution in [3.05, 3.63) is 88.7 Å². The summed E-state index contributed by atoms with van der Waals surface area (Å²) in [4.78, 5) is 25.0. The van der Waals surface area contributed by atoms with E-state index in [1.54, 1.807) is 6.92 Å². The number of sulfonamides is 1. The predicted molar refractivity (Wildman–Crippen MR) is 154 cm³/mol. The maximum Gasteiger partial charge on any atom is 0.339 e. The van der Waals surface area contributed by atoms with Gasteiger partial charge in [-0.3, -0.25) is 4.79 Å². The molecule has 1 aliphatic carbocycles.